The van der Waals surface area contributed by atoms with Crippen LogP contribution in [0.1, 0.15) is 54.4 Å². The molecule has 1 aromatic heterocycles. The number of aldehydes is 1. The van der Waals surface area contributed by atoms with Gasteiger partial charge in [-0.2, -0.15) is 0 Å². The molecule has 0 saturated carbocycles. The monoisotopic (exact) mass is 295 g/mol. The van der Waals surface area contributed by atoms with Gasteiger partial charge < -0.3 is 9.80 Å². The Balaban J connectivity index is 2.10. The maximum atomic E-state index is 11.2. The maximum Gasteiger partial charge on any atom is 0.186 e. The minimum Gasteiger partial charge on any atom is -0.348 e. The standard InChI is InChI=1S/C15H25N3OS/c1-5-11(2)14-13(10-19)20-15(16-14)18-8-6-12(7-9-18)17(3)4/h10-12H,5-9H2,1-4H3. The minimum atomic E-state index is 0.361. The van der Waals surface area contributed by atoms with Crippen LogP contribution >= 0.6 is 11.3 Å². The lowest BCUT2D eigenvalue weighted by Gasteiger charge is -2.35. The Morgan fingerprint density at radius 3 is 2.60 bits per heavy atom. The first-order valence-corrected chi connectivity index (χ1v) is 8.25. The maximum absolute atomic E-state index is 11.2. The van der Waals surface area contributed by atoms with Crippen LogP contribution < -0.4 is 4.90 Å². The molecule has 0 aliphatic carbocycles. The summed E-state index contributed by atoms with van der Waals surface area (Å²) < 4.78 is 0. The van der Waals surface area contributed by atoms with E-state index in [2.05, 4.69) is 37.7 Å². The lowest BCUT2D eigenvalue weighted by atomic mass is 10.0. The van der Waals surface area contributed by atoms with Gasteiger partial charge in [0.25, 0.3) is 0 Å². The van der Waals surface area contributed by atoms with Crippen molar-refractivity contribution in [3.8, 4) is 0 Å². The van der Waals surface area contributed by atoms with Gasteiger partial charge in [-0.05, 0) is 39.3 Å². The average molecular weight is 295 g/mol. The predicted molar refractivity (Wildman–Crippen MR) is 85.1 cm³/mol. The number of nitrogens with zero attached hydrogens (tertiary/aromatic N) is 3. The van der Waals surface area contributed by atoms with Crippen molar-refractivity contribution < 1.29 is 4.79 Å². The number of thiazole rings is 1. The Hall–Kier alpha value is -0.940. The molecular weight excluding hydrogens is 270 g/mol. The number of carbonyl (C=O) groups excluding carboxylic acids is 1. The van der Waals surface area contributed by atoms with E-state index in [1.165, 1.54) is 12.8 Å². The van der Waals surface area contributed by atoms with Crippen LogP contribution in [-0.4, -0.2) is 49.4 Å². The van der Waals surface area contributed by atoms with Crippen LogP contribution in [0.25, 0.3) is 0 Å². The Kier molecular flexibility index (Phi) is 5.16. The molecule has 0 bridgehead atoms. The first-order chi connectivity index (χ1) is 9.56. The van der Waals surface area contributed by atoms with Crippen LogP contribution in [0.5, 0.6) is 0 Å². The van der Waals surface area contributed by atoms with Crippen molar-refractivity contribution in [2.24, 2.45) is 0 Å². The third-order valence-corrected chi connectivity index (χ3v) is 5.38. The first kappa shape index (κ1) is 15.4. The second kappa shape index (κ2) is 6.68. The molecule has 0 aromatic carbocycles. The van der Waals surface area contributed by atoms with Crippen LogP contribution in [0, 0.1) is 0 Å². The van der Waals surface area contributed by atoms with E-state index in [9.17, 15) is 4.79 Å². The zero-order valence-corrected chi connectivity index (χ0v) is 13.7. The lowest BCUT2D eigenvalue weighted by molar-refractivity contribution is 0.112. The van der Waals surface area contributed by atoms with Gasteiger partial charge >= 0.3 is 0 Å². The van der Waals surface area contributed by atoms with Gasteiger partial charge in [-0.25, -0.2) is 4.98 Å². The van der Waals surface area contributed by atoms with Crippen molar-refractivity contribution in [1.29, 1.82) is 0 Å². The van der Waals surface area contributed by atoms with Crippen molar-refractivity contribution in [1.82, 2.24) is 9.88 Å². The summed E-state index contributed by atoms with van der Waals surface area (Å²) in [4.78, 5) is 21.4. The first-order valence-electron chi connectivity index (χ1n) is 7.44. The van der Waals surface area contributed by atoms with E-state index in [0.717, 1.165) is 41.5 Å². The molecule has 0 radical (unpaired) electrons. The molecule has 0 N–H and O–H groups in total. The molecule has 1 aromatic rings. The Morgan fingerprint density at radius 2 is 2.10 bits per heavy atom. The van der Waals surface area contributed by atoms with Crippen LogP contribution in [-0.2, 0) is 0 Å². The van der Waals surface area contributed by atoms with E-state index in [1.54, 1.807) is 11.3 Å². The number of hydrogen-bond acceptors (Lipinski definition) is 5. The average Bonchev–Trinajstić information content (AvgIpc) is 2.90. The molecule has 5 heteroatoms. The molecule has 0 amide bonds. The number of piperidine rings is 1. The van der Waals surface area contributed by atoms with Gasteiger partial charge in [0.05, 0.1) is 10.6 Å². The zero-order valence-electron chi connectivity index (χ0n) is 12.9. The number of hydrogen-bond donors (Lipinski definition) is 0. The van der Waals surface area contributed by atoms with Crippen LogP contribution in [0.4, 0.5) is 5.13 Å². The van der Waals surface area contributed by atoms with Gasteiger partial charge in [-0.1, -0.05) is 25.2 Å². The van der Waals surface area contributed by atoms with Crippen molar-refractivity contribution in [2.45, 2.75) is 45.1 Å². The van der Waals surface area contributed by atoms with Gasteiger partial charge in [0, 0.05) is 19.1 Å². The summed E-state index contributed by atoms with van der Waals surface area (Å²) in [6, 6.07) is 0.672. The molecule has 112 valence electrons. The van der Waals surface area contributed by atoms with Crippen molar-refractivity contribution in [3.05, 3.63) is 10.6 Å². The van der Waals surface area contributed by atoms with Gasteiger partial charge in [0.2, 0.25) is 0 Å². The lowest BCUT2D eigenvalue weighted by Crippen LogP contribution is -2.41. The zero-order chi connectivity index (χ0) is 14.7. The predicted octanol–water partition coefficient (Wildman–Crippen LogP) is 3.00. The molecule has 1 aliphatic heterocycles. The summed E-state index contributed by atoms with van der Waals surface area (Å²) in [6.45, 7) is 6.36. The van der Waals surface area contributed by atoms with Crippen molar-refractivity contribution in [3.63, 3.8) is 0 Å². The van der Waals surface area contributed by atoms with E-state index < -0.39 is 0 Å². The second-order valence-corrected chi connectivity index (χ2v) is 6.86. The van der Waals surface area contributed by atoms with E-state index in [4.69, 9.17) is 4.98 Å². The SMILES string of the molecule is CCC(C)c1nc(N2CCC(N(C)C)CC2)sc1C=O. The molecule has 20 heavy (non-hydrogen) atoms. The fraction of sp³-hybridized carbons (Fsp3) is 0.733. The Bertz CT molecular complexity index is 450. The summed E-state index contributed by atoms with van der Waals surface area (Å²) in [5.74, 6) is 0.361. The summed E-state index contributed by atoms with van der Waals surface area (Å²) in [5.41, 5.74) is 0.984. The van der Waals surface area contributed by atoms with Crippen LogP contribution in [0.2, 0.25) is 0 Å². The number of carbonyl (C=O) groups is 1. The fourth-order valence-electron chi connectivity index (χ4n) is 2.67. The van der Waals surface area contributed by atoms with Crippen molar-refractivity contribution in [2.75, 3.05) is 32.1 Å². The topological polar surface area (TPSA) is 36.4 Å². The molecule has 0 spiro atoms. The molecule has 2 rings (SSSR count). The van der Waals surface area contributed by atoms with Gasteiger partial charge in [-0.3, -0.25) is 4.79 Å². The number of anilines is 1. The Labute approximate surface area is 125 Å². The quantitative estimate of drug-likeness (QED) is 0.783. The fourth-order valence-corrected chi connectivity index (χ4v) is 3.72. The highest BCUT2D eigenvalue weighted by Crippen LogP contribution is 2.32. The highest BCUT2D eigenvalue weighted by molar-refractivity contribution is 7.17. The van der Waals surface area contributed by atoms with E-state index in [-0.39, 0.29) is 0 Å². The summed E-state index contributed by atoms with van der Waals surface area (Å²) >= 11 is 1.55. The summed E-state index contributed by atoms with van der Waals surface area (Å²) in [6.07, 6.45) is 4.32. The highest BCUT2D eigenvalue weighted by atomic mass is 32.1. The van der Waals surface area contributed by atoms with Gasteiger partial charge in [0.15, 0.2) is 11.4 Å². The van der Waals surface area contributed by atoms with E-state index >= 15 is 0 Å². The summed E-state index contributed by atoms with van der Waals surface area (Å²) in [7, 11) is 4.30. The van der Waals surface area contributed by atoms with Gasteiger partial charge in [-0.15, -0.1) is 0 Å². The Morgan fingerprint density at radius 1 is 1.45 bits per heavy atom. The molecule has 1 fully saturated rings. The number of rotatable bonds is 5. The highest BCUT2D eigenvalue weighted by Gasteiger charge is 2.24. The van der Waals surface area contributed by atoms with Crippen molar-refractivity contribution >= 4 is 22.8 Å². The molecule has 2 heterocycles. The largest absolute Gasteiger partial charge is 0.348 e. The molecular formula is C15H25N3OS. The normalized spacial score (nSPS) is 18.6. The minimum absolute atomic E-state index is 0.361. The molecule has 4 nitrogen and oxygen atoms in total. The van der Waals surface area contributed by atoms with E-state index in [0.29, 0.717) is 12.0 Å². The van der Waals surface area contributed by atoms with Gasteiger partial charge in [0.1, 0.15) is 0 Å². The molecule has 1 aliphatic rings. The third kappa shape index (κ3) is 3.20. The third-order valence-electron chi connectivity index (χ3n) is 4.32. The number of aromatic nitrogens is 1. The second-order valence-electron chi connectivity index (χ2n) is 5.85. The molecule has 1 saturated heterocycles. The molecule has 1 unspecified atom stereocenters. The smallest absolute Gasteiger partial charge is 0.186 e. The molecule has 1 atom stereocenters. The summed E-state index contributed by atoms with van der Waals surface area (Å²) in [5, 5.41) is 1.03. The van der Waals surface area contributed by atoms with E-state index in [1.807, 2.05) is 0 Å². The van der Waals surface area contributed by atoms with Crippen LogP contribution in [0.3, 0.4) is 0 Å². The van der Waals surface area contributed by atoms with Crippen LogP contribution in [0.15, 0.2) is 0 Å².